The van der Waals surface area contributed by atoms with Gasteiger partial charge in [0.2, 0.25) is 5.91 Å². The van der Waals surface area contributed by atoms with E-state index in [-0.39, 0.29) is 37.9 Å². The fourth-order valence-electron chi connectivity index (χ4n) is 6.85. The molecular weight excluding hydrogens is 735 g/mol. The zero-order chi connectivity index (χ0) is 41.7. The highest BCUT2D eigenvalue weighted by atomic mass is 31.2. The van der Waals surface area contributed by atoms with Crippen molar-refractivity contribution in [1.82, 2.24) is 5.32 Å². The van der Waals surface area contributed by atoms with Gasteiger partial charge in [-0.2, -0.15) is 0 Å². The summed E-state index contributed by atoms with van der Waals surface area (Å²) >= 11 is 0. The lowest BCUT2D eigenvalue weighted by Crippen LogP contribution is -2.46. The van der Waals surface area contributed by atoms with Gasteiger partial charge in [-0.3, -0.25) is 13.8 Å². The fourth-order valence-corrected chi connectivity index (χ4v) is 7.58. The molecule has 0 radical (unpaired) electrons. The number of phosphoric ester groups is 1. The van der Waals surface area contributed by atoms with E-state index < -0.39 is 44.6 Å². The molecule has 56 heavy (non-hydrogen) atoms. The Bertz CT molecular complexity index is 1090. The van der Waals surface area contributed by atoms with Crippen LogP contribution in [0.15, 0.2) is 24.3 Å². The molecule has 13 heteroatoms. The molecule has 0 aliphatic carbocycles. The van der Waals surface area contributed by atoms with Crippen LogP contribution in [0.25, 0.3) is 0 Å². The van der Waals surface area contributed by atoms with Gasteiger partial charge in [-0.05, 0) is 32.1 Å². The molecule has 330 valence electrons. The molecule has 0 saturated carbocycles. The maximum atomic E-state index is 13.0. The normalized spacial score (nSPS) is 22.0. The first-order valence-corrected chi connectivity index (χ1v) is 23.6. The van der Waals surface area contributed by atoms with Crippen molar-refractivity contribution < 1.29 is 52.9 Å². The van der Waals surface area contributed by atoms with Gasteiger partial charge in [0.15, 0.2) is 6.29 Å². The fraction of sp³-hybridized carbons (Fsp3) is 0.884. The molecule has 1 heterocycles. The molecule has 6 N–H and O–H groups in total. The Morgan fingerprint density at radius 3 is 2.02 bits per heavy atom. The average molecular weight is 820 g/mol. The molecule has 1 fully saturated rings. The Hall–Kier alpha value is -1.18. The molecule has 1 aliphatic heterocycles. The van der Waals surface area contributed by atoms with Crippen molar-refractivity contribution in [2.24, 2.45) is 5.92 Å². The molecule has 1 rings (SSSR count). The zero-order valence-electron chi connectivity index (χ0n) is 35.9. The first kappa shape index (κ1) is 52.8. The number of amides is 1. The van der Waals surface area contributed by atoms with Crippen LogP contribution in [0.5, 0.6) is 0 Å². The lowest BCUT2D eigenvalue weighted by atomic mass is 9.87. The van der Waals surface area contributed by atoms with Gasteiger partial charge in [0.1, 0.15) is 13.2 Å². The highest BCUT2D eigenvalue weighted by molar-refractivity contribution is 7.47. The summed E-state index contributed by atoms with van der Waals surface area (Å²) in [7, 11) is 1.45. The number of ether oxygens (including phenoxy) is 1. The van der Waals surface area contributed by atoms with Gasteiger partial charge in [0.25, 0.3) is 0 Å². The van der Waals surface area contributed by atoms with Crippen LogP contribution in [-0.2, 0) is 23.1 Å². The van der Waals surface area contributed by atoms with Crippen LogP contribution in [0.2, 0.25) is 0 Å². The van der Waals surface area contributed by atoms with Crippen molar-refractivity contribution in [3.63, 3.8) is 0 Å². The second-order valence-corrected chi connectivity index (χ2v) is 18.4. The minimum atomic E-state index is -4.39. The predicted octanol–water partition coefficient (Wildman–Crippen LogP) is 7.85. The quantitative estimate of drug-likeness (QED) is 0.0160. The summed E-state index contributed by atoms with van der Waals surface area (Å²) < 4.78 is 29.3. The summed E-state index contributed by atoms with van der Waals surface area (Å²) in [5, 5.41) is 44.9. The molecule has 8 atom stereocenters. The third-order valence-electron chi connectivity index (χ3n) is 10.5. The lowest BCUT2D eigenvalue weighted by Gasteiger charge is -2.36. The Balaban J connectivity index is 2.59. The number of quaternary nitrogens is 1. The maximum Gasteiger partial charge on any atom is 0.472 e. The molecule has 1 amide bonds. The zero-order valence-corrected chi connectivity index (χ0v) is 36.8. The molecule has 0 aromatic carbocycles. The van der Waals surface area contributed by atoms with Crippen LogP contribution >= 0.6 is 7.82 Å². The van der Waals surface area contributed by atoms with E-state index in [2.05, 4.69) is 19.2 Å². The number of carbonyl (C=O) groups excluding carboxylic acids is 1. The van der Waals surface area contributed by atoms with Crippen LogP contribution in [-0.4, -0.2) is 113 Å². The number of hydrogen-bond donors (Lipinski definition) is 6. The minimum Gasteiger partial charge on any atom is -0.393 e. The van der Waals surface area contributed by atoms with Crippen molar-refractivity contribution in [3.05, 3.63) is 24.3 Å². The van der Waals surface area contributed by atoms with Crippen molar-refractivity contribution >= 4 is 13.7 Å². The van der Waals surface area contributed by atoms with Crippen molar-refractivity contribution in [1.29, 1.82) is 0 Å². The average Bonchev–Trinajstić information content (AvgIpc) is 3.12. The van der Waals surface area contributed by atoms with Gasteiger partial charge in [0.05, 0.1) is 58.2 Å². The van der Waals surface area contributed by atoms with Crippen LogP contribution in [0.1, 0.15) is 162 Å². The molecule has 12 nitrogen and oxygen atoms in total. The van der Waals surface area contributed by atoms with Crippen LogP contribution in [0.4, 0.5) is 0 Å². The minimum absolute atomic E-state index is 0.0254. The second kappa shape index (κ2) is 31.7. The number of hydrogen-bond acceptors (Lipinski definition) is 9. The summed E-state index contributed by atoms with van der Waals surface area (Å²) in [5.41, 5.74) is 0. The van der Waals surface area contributed by atoms with Crippen LogP contribution < -0.4 is 5.32 Å². The molecule has 0 bridgehead atoms. The van der Waals surface area contributed by atoms with E-state index in [4.69, 9.17) is 13.8 Å². The van der Waals surface area contributed by atoms with Gasteiger partial charge < -0.3 is 39.9 Å². The first-order valence-electron chi connectivity index (χ1n) is 22.1. The SMILES string of the molecule is CCCCCCCCCCCCCCC[C@@H](O)[C@H](COP(=O)(O)OCC[N+](C)(C)C)NC(=O)CCC/C=C\C[C@H]1[C@@H](O)CC(O)O[C@@H]1/C=C/[C@@H](O)CCCCC. The standard InChI is InChI=1S/C43H83N2O10P/c1-6-8-10-11-12-13-14-15-16-17-18-19-24-28-39(47)38(35-54-56(51,52)53-33-32-45(3,4)5)44-42(49)29-25-21-20-23-27-37-40(48)34-43(50)55-41(37)31-30-36(46)26-22-9-7-2/h20,23,30-31,36-41,43,46-48,50H,6-19,21-22,24-29,32-35H2,1-5H3,(H-,44,49,51,52)/p+1/b23-20-,31-30+/t36-,37-,38-,39+,40-,41+,43?/m0/s1. The molecule has 2 unspecified atom stereocenters. The smallest absolute Gasteiger partial charge is 0.393 e. The molecule has 1 saturated heterocycles. The van der Waals surface area contributed by atoms with E-state index in [1.54, 1.807) is 12.2 Å². The number of unbranched alkanes of at least 4 members (excludes halogenated alkanes) is 15. The number of nitrogens with one attached hydrogen (secondary N) is 1. The van der Waals surface area contributed by atoms with E-state index in [9.17, 15) is 34.7 Å². The topological polar surface area (TPSA) is 175 Å². The number of likely N-dealkylation sites (N-methyl/N-ethyl adjacent to an activating group) is 1. The summed E-state index contributed by atoms with van der Waals surface area (Å²) in [6.07, 6.45) is 25.3. The van der Waals surface area contributed by atoms with E-state index in [1.807, 2.05) is 33.3 Å². The Morgan fingerprint density at radius 1 is 0.839 bits per heavy atom. The van der Waals surface area contributed by atoms with Crippen molar-refractivity contribution in [2.75, 3.05) is 40.9 Å². The summed E-state index contributed by atoms with van der Waals surface area (Å²) in [5.74, 6) is -0.573. The van der Waals surface area contributed by atoms with E-state index >= 15 is 0 Å². The third-order valence-corrected chi connectivity index (χ3v) is 11.5. The highest BCUT2D eigenvalue weighted by Gasteiger charge is 2.35. The summed E-state index contributed by atoms with van der Waals surface area (Å²) in [6.45, 7) is 4.53. The van der Waals surface area contributed by atoms with Gasteiger partial charge in [0, 0.05) is 18.8 Å². The van der Waals surface area contributed by atoms with Gasteiger partial charge in [-0.15, -0.1) is 0 Å². The molecule has 1 aliphatic rings. The number of carbonyl (C=O) groups is 1. The van der Waals surface area contributed by atoms with Gasteiger partial charge in [-0.25, -0.2) is 4.57 Å². The maximum absolute atomic E-state index is 13.0. The Kier molecular flexibility index (Phi) is 29.9. The largest absolute Gasteiger partial charge is 0.472 e. The summed E-state index contributed by atoms with van der Waals surface area (Å²) in [6, 6.07) is -0.865. The molecular formula is C43H84N2O10P+. The first-order chi connectivity index (χ1) is 26.7. The monoisotopic (exact) mass is 820 g/mol. The highest BCUT2D eigenvalue weighted by Crippen LogP contribution is 2.43. The number of rotatable bonds is 35. The van der Waals surface area contributed by atoms with Crippen LogP contribution in [0.3, 0.4) is 0 Å². The lowest BCUT2D eigenvalue weighted by molar-refractivity contribution is -0.870. The number of nitrogens with zero attached hydrogens (tertiary/aromatic N) is 1. The van der Waals surface area contributed by atoms with Crippen LogP contribution in [0, 0.1) is 5.92 Å². The van der Waals surface area contributed by atoms with E-state index in [1.165, 1.54) is 64.2 Å². The third kappa shape index (κ3) is 28.3. The predicted molar refractivity (Wildman–Crippen MR) is 225 cm³/mol. The number of aliphatic hydroxyl groups excluding tert-OH is 4. The van der Waals surface area contributed by atoms with Gasteiger partial charge in [-0.1, -0.05) is 141 Å². The Morgan fingerprint density at radius 2 is 1.41 bits per heavy atom. The summed E-state index contributed by atoms with van der Waals surface area (Å²) in [4.78, 5) is 23.3. The molecule has 0 aromatic heterocycles. The molecule has 0 spiro atoms. The number of phosphoric acid groups is 1. The van der Waals surface area contributed by atoms with Crippen molar-refractivity contribution in [2.45, 2.75) is 198 Å². The second-order valence-electron chi connectivity index (χ2n) is 17.0. The Labute approximate surface area is 340 Å². The van der Waals surface area contributed by atoms with E-state index in [0.717, 1.165) is 38.5 Å². The molecule has 0 aromatic rings. The number of aliphatic hydroxyl groups is 4. The number of allylic oxidation sites excluding steroid dienone is 2. The van der Waals surface area contributed by atoms with Crippen molar-refractivity contribution in [3.8, 4) is 0 Å². The van der Waals surface area contributed by atoms with E-state index in [0.29, 0.717) is 43.1 Å². The van der Waals surface area contributed by atoms with Gasteiger partial charge >= 0.3 is 7.82 Å².